The molecule has 1 N–H and O–H groups in total. The Morgan fingerprint density at radius 1 is 1.00 bits per heavy atom. The van der Waals surface area contributed by atoms with Gasteiger partial charge in [-0.1, -0.05) is 30.3 Å². The predicted octanol–water partition coefficient (Wildman–Crippen LogP) is 2.20. The molecule has 37 heavy (non-hydrogen) atoms. The number of carbonyl (C=O) groups excluding carboxylic acids is 1. The highest BCUT2D eigenvalue weighted by Gasteiger charge is 2.11. The van der Waals surface area contributed by atoms with E-state index in [0.29, 0.717) is 37.6 Å². The van der Waals surface area contributed by atoms with Crippen LogP contribution in [0.2, 0.25) is 0 Å². The summed E-state index contributed by atoms with van der Waals surface area (Å²) >= 11 is 0. The molecule has 196 valence electrons. The number of nitrogens with zero attached hydrogens (tertiary/aromatic N) is 4. The maximum atomic E-state index is 12.3. The summed E-state index contributed by atoms with van der Waals surface area (Å²) in [6.45, 7) is 2.43. The molecule has 0 aliphatic heterocycles. The molecule has 3 aromatic rings. The third-order valence-electron chi connectivity index (χ3n) is 6.00. The first-order valence-electron chi connectivity index (χ1n) is 11.9. The highest BCUT2D eigenvalue weighted by molar-refractivity contribution is 5.89. The number of ether oxygens (including phenoxy) is 1. The van der Waals surface area contributed by atoms with E-state index in [1.54, 1.807) is 43.4 Å². The summed E-state index contributed by atoms with van der Waals surface area (Å²) in [6.07, 6.45) is 1.52. The second-order valence-corrected chi connectivity index (χ2v) is 8.57. The topological polar surface area (TPSA) is 129 Å². The minimum atomic E-state index is -0.423. The van der Waals surface area contributed by atoms with Crippen molar-refractivity contribution in [2.75, 3.05) is 38.1 Å². The summed E-state index contributed by atoms with van der Waals surface area (Å²) in [6, 6.07) is 16.6. The van der Waals surface area contributed by atoms with Gasteiger partial charge in [-0.2, -0.15) is 0 Å². The van der Waals surface area contributed by atoms with Crippen LogP contribution in [-0.4, -0.2) is 57.7 Å². The van der Waals surface area contributed by atoms with Crippen LogP contribution >= 0.6 is 0 Å². The number of hydrogen-bond donors (Lipinski definition) is 1. The molecule has 0 amide bonds. The lowest BCUT2D eigenvalue weighted by Gasteiger charge is -2.23. The van der Waals surface area contributed by atoms with Gasteiger partial charge in [0, 0.05) is 51.9 Å². The fourth-order valence-corrected chi connectivity index (χ4v) is 3.80. The summed E-state index contributed by atoms with van der Waals surface area (Å²) in [5.41, 5.74) is 0.734. The van der Waals surface area contributed by atoms with Crippen molar-refractivity contribution in [1.29, 1.82) is 0 Å². The van der Waals surface area contributed by atoms with Gasteiger partial charge in [-0.15, -0.1) is 0 Å². The number of carbonyl (C=O) groups is 1. The zero-order chi connectivity index (χ0) is 26.8. The van der Waals surface area contributed by atoms with E-state index in [0.717, 1.165) is 23.0 Å². The Balaban J connectivity index is 1.57. The third kappa shape index (κ3) is 7.87. The van der Waals surface area contributed by atoms with Crippen LogP contribution in [0.1, 0.15) is 22.3 Å². The van der Waals surface area contributed by atoms with Gasteiger partial charge < -0.3 is 10.1 Å². The van der Waals surface area contributed by atoms with Gasteiger partial charge in [-0.25, -0.2) is 9.59 Å². The average Bonchev–Trinajstić information content (AvgIpc) is 2.90. The van der Waals surface area contributed by atoms with Crippen LogP contribution in [0.5, 0.6) is 0 Å². The van der Waals surface area contributed by atoms with E-state index in [1.807, 2.05) is 6.07 Å². The number of anilines is 1. The van der Waals surface area contributed by atoms with Crippen molar-refractivity contribution in [3.63, 3.8) is 0 Å². The van der Waals surface area contributed by atoms with Gasteiger partial charge in [-0.05, 0) is 37.1 Å². The Morgan fingerprint density at radius 3 is 2.38 bits per heavy atom. The molecule has 0 unspecified atom stereocenters. The van der Waals surface area contributed by atoms with Crippen molar-refractivity contribution in [2.45, 2.75) is 12.8 Å². The maximum absolute atomic E-state index is 12.3. The van der Waals surface area contributed by atoms with Crippen molar-refractivity contribution in [3.05, 3.63) is 103 Å². The van der Waals surface area contributed by atoms with Crippen LogP contribution in [-0.2, 0) is 25.3 Å². The highest BCUT2D eigenvalue weighted by atomic mass is 16.6. The van der Waals surface area contributed by atoms with Crippen LogP contribution in [0.3, 0.4) is 0 Å². The monoisotopic (exact) mass is 509 g/mol. The molecule has 1 aromatic heterocycles. The molecule has 0 aliphatic carbocycles. The standard InChI is InChI=1S/C26H31N5O6/c1-28-23(19-24(32)29(2)26(28)34)27-14-16-30(17-18-37-25(33)21-8-4-3-5-9-21)15-6-7-20-10-12-22(13-11-20)31(35)36/h3-5,8-13,19,27H,6-7,14-18H2,1-2H3. The molecule has 11 nitrogen and oxygen atoms in total. The maximum Gasteiger partial charge on any atom is 0.338 e. The SMILES string of the molecule is Cn1c(NCCN(CCCc2ccc([N+](=O)[O-])cc2)CCOC(=O)c2ccccc2)cc(=O)n(C)c1=O. The van der Waals surface area contributed by atoms with Crippen molar-refractivity contribution in [2.24, 2.45) is 14.1 Å². The molecule has 2 aromatic carbocycles. The summed E-state index contributed by atoms with van der Waals surface area (Å²) in [4.78, 5) is 48.9. The minimum Gasteiger partial charge on any atom is -0.461 e. The van der Waals surface area contributed by atoms with Crippen LogP contribution in [0.4, 0.5) is 11.5 Å². The van der Waals surface area contributed by atoms with Gasteiger partial charge in [0.05, 0.1) is 10.5 Å². The number of nitrogens with one attached hydrogen (secondary N) is 1. The van der Waals surface area contributed by atoms with Gasteiger partial charge in [0.25, 0.3) is 11.2 Å². The van der Waals surface area contributed by atoms with E-state index in [1.165, 1.54) is 29.8 Å². The minimum absolute atomic E-state index is 0.0572. The molecule has 0 aliphatic rings. The molecule has 11 heteroatoms. The molecular weight excluding hydrogens is 478 g/mol. The molecule has 0 bridgehead atoms. The Morgan fingerprint density at radius 2 is 1.70 bits per heavy atom. The first-order valence-corrected chi connectivity index (χ1v) is 11.9. The number of aromatic nitrogens is 2. The van der Waals surface area contributed by atoms with E-state index in [-0.39, 0.29) is 18.3 Å². The van der Waals surface area contributed by atoms with Gasteiger partial charge in [0.15, 0.2) is 0 Å². The number of hydrogen-bond acceptors (Lipinski definition) is 8. The number of esters is 1. The number of benzene rings is 2. The Labute approximate surface area is 214 Å². The van der Waals surface area contributed by atoms with E-state index in [4.69, 9.17) is 4.74 Å². The smallest absolute Gasteiger partial charge is 0.338 e. The second kappa shape index (κ2) is 13.2. The van der Waals surface area contributed by atoms with Crippen molar-refractivity contribution >= 4 is 17.5 Å². The summed E-state index contributed by atoms with van der Waals surface area (Å²) in [5.74, 6) is 0.0362. The molecule has 0 spiro atoms. The quantitative estimate of drug-likeness (QED) is 0.211. The van der Waals surface area contributed by atoms with E-state index in [9.17, 15) is 24.5 Å². The molecule has 3 rings (SSSR count). The zero-order valence-corrected chi connectivity index (χ0v) is 21.0. The fourth-order valence-electron chi connectivity index (χ4n) is 3.80. The Kier molecular flexibility index (Phi) is 9.73. The fraction of sp³-hybridized carbons (Fsp3) is 0.346. The van der Waals surface area contributed by atoms with E-state index < -0.39 is 16.2 Å². The number of rotatable bonds is 13. The molecular formula is C26H31N5O6. The zero-order valence-electron chi connectivity index (χ0n) is 21.0. The van der Waals surface area contributed by atoms with Crippen LogP contribution < -0.4 is 16.6 Å². The van der Waals surface area contributed by atoms with Crippen LogP contribution in [0.15, 0.2) is 70.3 Å². The van der Waals surface area contributed by atoms with Gasteiger partial charge in [0.1, 0.15) is 12.4 Å². The van der Waals surface area contributed by atoms with Gasteiger partial charge >= 0.3 is 11.7 Å². The molecule has 0 saturated heterocycles. The van der Waals surface area contributed by atoms with E-state index >= 15 is 0 Å². The Bertz CT molecular complexity index is 1320. The van der Waals surface area contributed by atoms with Gasteiger partial charge in [0.2, 0.25) is 0 Å². The lowest BCUT2D eigenvalue weighted by Crippen LogP contribution is -2.38. The molecule has 1 heterocycles. The highest BCUT2D eigenvalue weighted by Crippen LogP contribution is 2.13. The second-order valence-electron chi connectivity index (χ2n) is 8.57. The summed E-state index contributed by atoms with van der Waals surface area (Å²) in [5, 5.41) is 14.0. The lowest BCUT2D eigenvalue weighted by molar-refractivity contribution is -0.384. The van der Waals surface area contributed by atoms with Crippen molar-refractivity contribution in [3.8, 4) is 0 Å². The first kappa shape index (κ1) is 27.3. The normalized spacial score (nSPS) is 10.9. The third-order valence-corrected chi connectivity index (χ3v) is 6.00. The number of non-ortho nitro benzene ring substituents is 1. The Hall–Kier alpha value is -4.25. The van der Waals surface area contributed by atoms with Crippen molar-refractivity contribution < 1.29 is 14.5 Å². The summed E-state index contributed by atoms with van der Waals surface area (Å²) in [7, 11) is 3.02. The van der Waals surface area contributed by atoms with Crippen LogP contribution in [0, 0.1) is 10.1 Å². The lowest BCUT2D eigenvalue weighted by atomic mass is 10.1. The largest absolute Gasteiger partial charge is 0.461 e. The predicted molar refractivity (Wildman–Crippen MR) is 140 cm³/mol. The number of aryl methyl sites for hydroxylation is 1. The number of nitro groups is 1. The van der Waals surface area contributed by atoms with Gasteiger partial charge in [-0.3, -0.25) is 28.9 Å². The number of nitro benzene ring substituents is 1. The molecule has 0 atom stereocenters. The van der Waals surface area contributed by atoms with Crippen LogP contribution in [0.25, 0.3) is 0 Å². The van der Waals surface area contributed by atoms with Crippen molar-refractivity contribution in [1.82, 2.24) is 14.0 Å². The molecule has 0 radical (unpaired) electrons. The molecule has 0 fully saturated rings. The summed E-state index contributed by atoms with van der Waals surface area (Å²) < 4.78 is 7.85. The van der Waals surface area contributed by atoms with E-state index in [2.05, 4.69) is 10.2 Å². The average molecular weight is 510 g/mol. The first-order chi connectivity index (χ1) is 17.8. The molecule has 0 saturated carbocycles.